The number of hydrogen-bond acceptors (Lipinski definition) is 5. The Morgan fingerprint density at radius 1 is 1.05 bits per heavy atom. The molecule has 10 heteroatoms. The molecule has 10 nitrogen and oxygen atoms in total. The number of nitrogens with two attached hydrogens (primary N) is 2. The van der Waals surface area contributed by atoms with Crippen molar-refractivity contribution < 1.29 is 19.2 Å². The molecule has 1 aromatic carbocycles. The zero-order valence-electron chi connectivity index (χ0n) is 22.1. The Hall–Kier alpha value is -3.43. The molecule has 3 amide bonds. The lowest BCUT2D eigenvalue weighted by atomic mass is 9.88. The van der Waals surface area contributed by atoms with Crippen LogP contribution in [0, 0.1) is 5.92 Å². The number of rotatable bonds is 10. The number of likely N-dealkylation sites (tertiary alicyclic amines) is 1. The maximum atomic E-state index is 12.9. The minimum atomic E-state index is -0.431. The number of carbonyl (C=O) groups is 4. The molecule has 2 fully saturated rings. The van der Waals surface area contributed by atoms with E-state index in [-0.39, 0.29) is 30.2 Å². The van der Waals surface area contributed by atoms with Gasteiger partial charge in [-0.2, -0.15) is 0 Å². The molecule has 0 unspecified atom stereocenters. The molecule has 0 spiro atoms. The van der Waals surface area contributed by atoms with Crippen LogP contribution < -0.4 is 22.1 Å². The highest BCUT2D eigenvalue weighted by Crippen LogP contribution is 2.24. The van der Waals surface area contributed by atoms with E-state index in [9.17, 15) is 19.2 Å². The molecule has 1 aliphatic carbocycles. The predicted octanol–water partition coefficient (Wildman–Crippen LogP) is 1.52. The van der Waals surface area contributed by atoms with Gasteiger partial charge in [-0.15, -0.1) is 0 Å². The predicted molar refractivity (Wildman–Crippen MR) is 146 cm³/mol. The zero-order chi connectivity index (χ0) is 27.3. The number of benzene rings is 1. The van der Waals surface area contributed by atoms with E-state index in [2.05, 4.69) is 15.6 Å². The Morgan fingerprint density at radius 2 is 1.70 bits per heavy atom. The summed E-state index contributed by atoms with van der Waals surface area (Å²) in [5.74, 6) is 0.425. The molecule has 1 atom stereocenters. The van der Waals surface area contributed by atoms with Crippen molar-refractivity contribution in [2.24, 2.45) is 22.4 Å². The maximum Gasteiger partial charge on any atom is 0.245 e. The number of nitrogens with one attached hydrogen (secondary N) is 2. The largest absolute Gasteiger partial charge is 0.370 e. The van der Waals surface area contributed by atoms with Crippen LogP contribution in [0.15, 0.2) is 35.3 Å². The van der Waals surface area contributed by atoms with Crippen molar-refractivity contribution in [1.29, 1.82) is 0 Å². The molecule has 206 valence electrons. The first kappa shape index (κ1) is 31.6. The Balaban J connectivity index is 0.000000437. The van der Waals surface area contributed by atoms with E-state index in [1.807, 2.05) is 42.2 Å². The molecule has 6 N–H and O–H groups in total. The van der Waals surface area contributed by atoms with Gasteiger partial charge < -0.3 is 31.8 Å². The molecule has 1 saturated heterocycles. The number of aliphatic imine (C=N–C) groups is 1. The van der Waals surface area contributed by atoms with E-state index in [4.69, 9.17) is 11.5 Å². The fourth-order valence-electron chi connectivity index (χ4n) is 4.20. The third-order valence-corrected chi connectivity index (χ3v) is 6.09. The number of aldehydes is 1. The van der Waals surface area contributed by atoms with Crippen molar-refractivity contribution in [3.8, 4) is 0 Å². The molecule has 0 aromatic heterocycles. The topological polar surface area (TPSA) is 160 Å². The first-order valence-electron chi connectivity index (χ1n) is 13.2. The fraction of sp³-hybridized carbons (Fsp3) is 0.593. The van der Waals surface area contributed by atoms with Crippen LogP contribution in [0.25, 0.3) is 0 Å². The Morgan fingerprint density at radius 3 is 2.19 bits per heavy atom. The van der Waals surface area contributed by atoms with Crippen LogP contribution in [0.3, 0.4) is 0 Å². The molecular weight excluding hydrogens is 472 g/mol. The summed E-state index contributed by atoms with van der Waals surface area (Å²) >= 11 is 0. The van der Waals surface area contributed by atoms with Gasteiger partial charge in [0, 0.05) is 32.0 Å². The number of hydrogen-bond donors (Lipinski definition) is 4. The third kappa shape index (κ3) is 14.0. The van der Waals surface area contributed by atoms with Crippen molar-refractivity contribution in [3.05, 3.63) is 35.9 Å². The van der Waals surface area contributed by atoms with Crippen LogP contribution >= 0.6 is 0 Å². The first-order chi connectivity index (χ1) is 17.9. The molecule has 1 aromatic rings. The summed E-state index contributed by atoms with van der Waals surface area (Å²) in [5.41, 5.74) is 11.1. The van der Waals surface area contributed by atoms with E-state index in [1.54, 1.807) is 0 Å². The van der Waals surface area contributed by atoms with Gasteiger partial charge in [0.1, 0.15) is 12.3 Å². The minimum Gasteiger partial charge on any atom is -0.370 e. The van der Waals surface area contributed by atoms with Crippen LogP contribution in [0.1, 0.15) is 63.9 Å². The second-order valence-corrected chi connectivity index (χ2v) is 9.12. The van der Waals surface area contributed by atoms with Gasteiger partial charge in [0.2, 0.25) is 18.2 Å². The summed E-state index contributed by atoms with van der Waals surface area (Å²) in [6.07, 6.45) is 10.2. The van der Waals surface area contributed by atoms with Gasteiger partial charge in [-0.25, -0.2) is 0 Å². The van der Waals surface area contributed by atoms with Crippen molar-refractivity contribution in [2.45, 2.75) is 70.8 Å². The van der Waals surface area contributed by atoms with Crippen molar-refractivity contribution in [2.75, 3.05) is 26.2 Å². The summed E-state index contributed by atoms with van der Waals surface area (Å²) < 4.78 is 0. The van der Waals surface area contributed by atoms with Gasteiger partial charge in [-0.3, -0.25) is 19.4 Å². The van der Waals surface area contributed by atoms with E-state index in [0.717, 1.165) is 70.1 Å². The van der Waals surface area contributed by atoms with E-state index in [0.29, 0.717) is 19.1 Å². The lowest BCUT2D eigenvalue weighted by Gasteiger charge is -2.27. The zero-order valence-corrected chi connectivity index (χ0v) is 22.1. The highest BCUT2D eigenvalue weighted by Gasteiger charge is 2.30. The third-order valence-electron chi connectivity index (χ3n) is 6.09. The van der Waals surface area contributed by atoms with Crippen LogP contribution in [-0.4, -0.2) is 67.6 Å². The van der Waals surface area contributed by atoms with E-state index in [1.165, 1.54) is 6.42 Å². The van der Waals surface area contributed by atoms with Crippen molar-refractivity contribution in [3.63, 3.8) is 0 Å². The Kier molecular flexibility index (Phi) is 16.8. The first-order valence-corrected chi connectivity index (χ1v) is 13.2. The van der Waals surface area contributed by atoms with Gasteiger partial charge in [0.25, 0.3) is 0 Å². The van der Waals surface area contributed by atoms with Crippen LogP contribution in [-0.2, 0) is 25.6 Å². The number of nitrogens with zero attached hydrogens (tertiary/aromatic N) is 2. The molecule has 1 saturated carbocycles. The average molecular weight is 517 g/mol. The standard InChI is InChI=1S/C20H28N2O2.C4H11N3.C3H5NO2/c23-19(17-11-5-2-6-12-17)21-18(15-16-9-3-1-4-10-16)20(24)22-13-7-8-14-22;1-2-3-7-4(5)6;5-2-1-4-3-6/h1,3-4,9-10,17-18H,2,5-8,11-15H2,(H,21,23);2-3H2,1H3,(H4,5,6,7);2-3H,1H2,(H,4,6)/t18-;;/m1../s1. The van der Waals surface area contributed by atoms with E-state index >= 15 is 0 Å². The second-order valence-electron chi connectivity index (χ2n) is 9.12. The highest BCUT2D eigenvalue weighted by molar-refractivity contribution is 5.89. The summed E-state index contributed by atoms with van der Waals surface area (Å²) in [6, 6.07) is 9.56. The lowest BCUT2D eigenvalue weighted by molar-refractivity contribution is -0.137. The molecular formula is C27H44N6O4. The quantitative estimate of drug-likeness (QED) is 0.160. The van der Waals surface area contributed by atoms with Crippen LogP contribution in [0.2, 0.25) is 0 Å². The van der Waals surface area contributed by atoms with Crippen LogP contribution in [0.5, 0.6) is 0 Å². The molecule has 1 heterocycles. The van der Waals surface area contributed by atoms with Crippen LogP contribution in [0.4, 0.5) is 0 Å². The fourth-order valence-corrected chi connectivity index (χ4v) is 4.20. The normalized spacial score (nSPS) is 15.5. The second kappa shape index (κ2) is 19.7. The molecule has 2 aliphatic rings. The summed E-state index contributed by atoms with van der Waals surface area (Å²) in [7, 11) is 0. The van der Waals surface area contributed by atoms with Gasteiger partial charge in [0.05, 0.1) is 6.54 Å². The number of amides is 3. The maximum absolute atomic E-state index is 12.9. The lowest BCUT2D eigenvalue weighted by Crippen LogP contribution is -2.50. The SMILES string of the molecule is CCCN=C(N)N.O=C(N[C@H](Cc1ccccc1)C(=O)N1CCCC1)C1CCCCC1.O=CCNC=O. The number of carbonyl (C=O) groups excluding carboxylic acids is 4. The van der Waals surface area contributed by atoms with E-state index < -0.39 is 6.04 Å². The van der Waals surface area contributed by atoms with Crippen molar-refractivity contribution in [1.82, 2.24) is 15.5 Å². The van der Waals surface area contributed by atoms with Gasteiger partial charge in [-0.05, 0) is 37.7 Å². The molecule has 1 aliphatic heterocycles. The summed E-state index contributed by atoms with van der Waals surface area (Å²) in [4.78, 5) is 49.8. The highest BCUT2D eigenvalue weighted by atomic mass is 16.2. The Bertz CT molecular complexity index is 809. The summed E-state index contributed by atoms with van der Waals surface area (Å²) in [6.45, 7) is 4.52. The molecule has 3 rings (SSSR count). The average Bonchev–Trinajstić information content (AvgIpc) is 3.47. The minimum absolute atomic E-state index is 0.0724. The number of guanidine groups is 1. The Labute approximate surface area is 220 Å². The van der Waals surface area contributed by atoms with Gasteiger partial charge in [-0.1, -0.05) is 56.5 Å². The smallest absolute Gasteiger partial charge is 0.245 e. The molecule has 0 radical (unpaired) electrons. The van der Waals surface area contributed by atoms with Gasteiger partial charge >= 0.3 is 0 Å². The summed E-state index contributed by atoms with van der Waals surface area (Å²) in [5, 5.41) is 5.23. The monoisotopic (exact) mass is 516 g/mol. The van der Waals surface area contributed by atoms with Crippen molar-refractivity contribution >= 4 is 30.5 Å². The molecule has 37 heavy (non-hydrogen) atoms. The molecule has 0 bridgehead atoms. The van der Waals surface area contributed by atoms with Gasteiger partial charge in [0.15, 0.2) is 5.96 Å².